The Morgan fingerprint density at radius 2 is 2.06 bits per heavy atom. The molecule has 0 aliphatic carbocycles. The Morgan fingerprint density at radius 3 is 2.59 bits per heavy atom. The standard InChI is InChI=1S/C12H23N3O2/c1-8(2)11(16-5)12-14-10(17-15-12)7-6-9(3)13-4/h8-9,11,13H,6-7H2,1-5H3. The molecule has 0 fully saturated rings. The Hall–Kier alpha value is -0.940. The van der Waals surface area contributed by atoms with Crippen molar-refractivity contribution in [3.8, 4) is 0 Å². The number of rotatable bonds is 7. The lowest BCUT2D eigenvalue weighted by Gasteiger charge is -2.14. The topological polar surface area (TPSA) is 60.2 Å². The Balaban J connectivity index is 2.58. The van der Waals surface area contributed by atoms with Crippen LogP contribution in [0.5, 0.6) is 0 Å². The quantitative estimate of drug-likeness (QED) is 0.790. The van der Waals surface area contributed by atoms with Crippen LogP contribution in [0.2, 0.25) is 0 Å². The first-order valence-corrected chi connectivity index (χ1v) is 6.11. The van der Waals surface area contributed by atoms with Crippen molar-refractivity contribution in [2.24, 2.45) is 5.92 Å². The molecule has 1 aromatic rings. The smallest absolute Gasteiger partial charge is 0.226 e. The minimum Gasteiger partial charge on any atom is -0.373 e. The van der Waals surface area contributed by atoms with Gasteiger partial charge >= 0.3 is 0 Å². The van der Waals surface area contributed by atoms with Crippen molar-refractivity contribution >= 4 is 0 Å². The van der Waals surface area contributed by atoms with Crippen molar-refractivity contribution in [3.63, 3.8) is 0 Å². The third-order valence-electron chi connectivity index (χ3n) is 2.88. The Labute approximate surface area is 103 Å². The van der Waals surface area contributed by atoms with Crippen LogP contribution in [0.25, 0.3) is 0 Å². The summed E-state index contributed by atoms with van der Waals surface area (Å²) in [4.78, 5) is 4.38. The number of hydrogen-bond acceptors (Lipinski definition) is 5. The van der Waals surface area contributed by atoms with Crippen LogP contribution in [0.15, 0.2) is 4.52 Å². The molecule has 0 spiro atoms. The van der Waals surface area contributed by atoms with Gasteiger partial charge in [-0.25, -0.2) is 0 Å². The summed E-state index contributed by atoms with van der Waals surface area (Å²) in [5.74, 6) is 1.67. The lowest BCUT2D eigenvalue weighted by molar-refractivity contribution is 0.0555. The summed E-state index contributed by atoms with van der Waals surface area (Å²) < 4.78 is 10.6. The molecule has 0 saturated heterocycles. The van der Waals surface area contributed by atoms with Crippen LogP contribution in [0.4, 0.5) is 0 Å². The first-order chi connectivity index (χ1) is 8.08. The third kappa shape index (κ3) is 4.09. The van der Waals surface area contributed by atoms with Crippen molar-refractivity contribution in [2.45, 2.75) is 45.8 Å². The summed E-state index contributed by atoms with van der Waals surface area (Å²) in [5.41, 5.74) is 0. The SMILES string of the molecule is CNC(C)CCc1nc(C(OC)C(C)C)no1. The summed E-state index contributed by atoms with van der Waals surface area (Å²) in [6.45, 7) is 6.28. The number of aryl methyl sites for hydroxylation is 1. The first-order valence-electron chi connectivity index (χ1n) is 6.11. The van der Waals surface area contributed by atoms with Gasteiger partial charge in [0.25, 0.3) is 0 Å². The molecule has 1 N–H and O–H groups in total. The molecule has 2 atom stereocenters. The van der Waals surface area contributed by atoms with Gasteiger partial charge in [0, 0.05) is 19.6 Å². The zero-order valence-electron chi connectivity index (χ0n) is 11.4. The van der Waals surface area contributed by atoms with E-state index < -0.39 is 0 Å². The van der Waals surface area contributed by atoms with E-state index in [1.807, 2.05) is 7.05 Å². The molecule has 0 saturated carbocycles. The average Bonchev–Trinajstić information content (AvgIpc) is 2.75. The maximum Gasteiger partial charge on any atom is 0.226 e. The van der Waals surface area contributed by atoms with Crippen molar-refractivity contribution in [2.75, 3.05) is 14.2 Å². The fourth-order valence-corrected chi connectivity index (χ4v) is 1.65. The number of ether oxygens (including phenoxy) is 1. The van der Waals surface area contributed by atoms with Gasteiger partial charge in [0.1, 0.15) is 6.10 Å². The second-order valence-corrected chi connectivity index (χ2v) is 4.68. The molecule has 0 radical (unpaired) electrons. The number of hydrogen-bond donors (Lipinski definition) is 1. The monoisotopic (exact) mass is 241 g/mol. The molecule has 0 amide bonds. The third-order valence-corrected chi connectivity index (χ3v) is 2.88. The molecule has 5 nitrogen and oxygen atoms in total. The van der Waals surface area contributed by atoms with Crippen LogP contribution in [0, 0.1) is 5.92 Å². The molecular formula is C12H23N3O2. The minimum atomic E-state index is -0.0887. The maximum absolute atomic E-state index is 5.36. The van der Waals surface area contributed by atoms with Gasteiger partial charge in [0.05, 0.1) is 0 Å². The largest absolute Gasteiger partial charge is 0.373 e. The van der Waals surface area contributed by atoms with Crippen molar-refractivity contribution < 1.29 is 9.26 Å². The summed E-state index contributed by atoms with van der Waals surface area (Å²) in [7, 11) is 3.62. The number of nitrogens with zero attached hydrogens (tertiary/aromatic N) is 2. The fourth-order valence-electron chi connectivity index (χ4n) is 1.65. The number of methoxy groups -OCH3 is 1. The van der Waals surface area contributed by atoms with E-state index in [4.69, 9.17) is 9.26 Å². The van der Waals surface area contributed by atoms with Crippen LogP contribution >= 0.6 is 0 Å². The molecule has 2 unspecified atom stereocenters. The van der Waals surface area contributed by atoms with Gasteiger partial charge in [-0.05, 0) is 26.3 Å². The van der Waals surface area contributed by atoms with Crippen LogP contribution in [-0.4, -0.2) is 30.3 Å². The molecule has 0 aliphatic rings. The molecule has 0 bridgehead atoms. The molecule has 98 valence electrons. The van der Waals surface area contributed by atoms with Crippen LogP contribution in [0.1, 0.15) is 45.0 Å². The van der Waals surface area contributed by atoms with Crippen molar-refractivity contribution in [1.82, 2.24) is 15.5 Å². The highest BCUT2D eigenvalue weighted by Gasteiger charge is 2.21. The molecular weight excluding hydrogens is 218 g/mol. The van der Waals surface area contributed by atoms with Gasteiger partial charge in [-0.1, -0.05) is 19.0 Å². The van der Waals surface area contributed by atoms with E-state index in [9.17, 15) is 0 Å². The van der Waals surface area contributed by atoms with E-state index in [0.29, 0.717) is 23.7 Å². The predicted octanol–water partition coefficient (Wildman–Crippen LogP) is 1.95. The highest BCUT2D eigenvalue weighted by molar-refractivity contribution is 4.93. The van der Waals surface area contributed by atoms with E-state index in [0.717, 1.165) is 12.8 Å². The first kappa shape index (κ1) is 14.1. The highest BCUT2D eigenvalue weighted by atomic mass is 16.5. The van der Waals surface area contributed by atoms with Gasteiger partial charge < -0.3 is 14.6 Å². The summed E-state index contributed by atoms with van der Waals surface area (Å²) in [6, 6.07) is 0.452. The Bertz CT molecular complexity index is 325. The molecule has 1 aromatic heterocycles. The van der Waals surface area contributed by atoms with E-state index in [1.54, 1.807) is 7.11 Å². The van der Waals surface area contributed by atoms with E-state index >= 15 is 0 Å². The highest BCUT2D eigenvalue weighted by Crippen LogP contribution is 2.22. The van der Waals surface area contributed by atoms with Gasteiger partial charge in [0.15, 0.2) is 0 Å². The van der Waals surface area contributed by atoms with E-state index in [-0.39, 0.29) is 6.10 Å². The number of aromatic nitrogens is 2. The summed E-state index contributed by atoms with van der Waals surface area (Å²) in [5, 5.41) is 7.16. The average molecular weight is 241 g/mol. The Morgan fingerprint density at radius 1 is 1.35 bits per heavy atom. The summed E-state index contributed by atoms with van der Waals surface area (Å²) in [6.07, 6.45) is 1.69. The second kappa shape index (κ2) is 6.71. The molecule has 0 aliphatic heterocycles. The minimum absolute atomic E-state index is 0.0887. The summed E-state index contributed by atoms with van der Waals surface area (Å²) >= 11 is 0. The zero-order chi connectivity index (χ0) is 12.8. The molecule has 1 heterocycles. The van der Waals surface area contributed by atoms with Gasteiger partial charge in [-0.2, -0.15) is 4.98 Å². The second-order valence-electron chi connectivity index (χ2n) is 4.68. The lowest BCUT2D eigenvalue weighted by Crippen LogP contribution is -2.21. The Kier molecular flexibility index (Phi) is 5.58. The van der Waals surface area contributed by atoms with Crippen molar-refractivity contribution in [1.29, 1.82) is 0 Å². The van der Waals surface area contributed by atoms with Gasteiger partial charge in [-0.3, -0.25) is 0 Å². The fraction of sp³-hybridized carbons (Fsp3) is 0.833. The van der Waals surface area contributed by atoms with Gasteiger partial charge in [0.2, 0.25) is 11.7 Å². The zero-order valence-corrected chi connectivity index (χ0v) is 11.4. The van der Waals surface area contributed by atoms with Crippen LogP contribution in [0.3, 0.4) is 0 Å². The van der Waals surface area contributed by atoms with Crippen LogP contribution < -0.4 is 5.32 Å². The molecule has 1 rings (SSSR count). The van der Waals surface area contributed by atoms with Crippen LogP contribution in [-0.2, 0) is 11.2 Å². The van der Waals surface area contributed by atoms with E-state index in [1.165, 1.54) is 0 Å². The van der Waals surface area contributed by atoms with Crippen molar-refractivity contribution in [3.05, 3.63) is 11.7 Å². The van der Waals surface area contributed by atoms with E-state index in [2.05, 4.69) is 36.2 Å². The molecule has 17 heavy (non-hydrogen) atoms. The lowest BCUT2D eigenvalue weighted by atomic mass is 10.1. The molecule has 5 heteroatoms. The maximum atomic E-state index is 5.36. The molecule has 0 aromatic carbocycles. The predicted molar refractivity (Wildman–Crippen MR) is 65.7 cm³/mol. The van der Waals surface area contributed by atoms with Gasteiger partial charge in [-0.15, -0.1) is 0 Å². The number of nitrogens with one attached hydrogen (secondary N) is 1. The normalized spacial score (nSPS) is 15.2.